The van der Waals surface area contributed by atoms with Crippen LogP contribution >= 0.6 is 0 Å². The SMILES string of the molecule is CC(C)CCNC(=O)CCCN1c2cccc3cccc(c23)S1(=O)=O. The van der Waals surface area contributed by atoms with Crippen LogP contribution in [0.2, 0.25) is 0 Å². The van der Waals surface area contributed by atoms with E-state index < -0.39 is 10.0 Å². The number of amides is 1. The van der Waals surface area contributed by atoms with E-state index in [9.17, 15) is 13.2 Å². The molecule has 3 rings (SSSR count). The molecule has 1 aliphatic heterocycles. The van der Waals surface area contributed by atoms with Gasteiger partial charge in [-0.25, -0.2) is 8.42 Å². The van der Waals surface area contributed by atoms with Crippen molar-refractivity contribution in [3.8, 4) is 0 Å². The molecule has 0 spiro atoms. The fourth-order valence-electron chi connectivity index (χ4n) is 3.17. The second-order valence-corrected chi connectivity index (χ2v) is 8.68. The fourth-order valence-corrected chi connectivity index (χ4v) is 4.92. The van der Waals surface area contributed by atoms with E-state index >= 15 is 0 Å². The predicted octanol–water partition coefficient (Wildman–Crippen LogP) is 3.29. The molecule has 0 saturated carbocycles. The van der Waals surface area contributed by atoms with Crippen molar-refractivity contribution >= 4 is 32.4 Å². The molecule has 6 heteroatoms. The van der Waals surface area contributed by atoms with Crippen molar-refractivity contribution < 1.29 is 13.2 Å². The van der Waals surface area contributed by atoms with Crippen LogP contribution in [0.5, 0.6) is 0 Å². The summed E-state index contributed by atoms with van der Waals surface area (Å²) in [7, 11) is -3.52. The summed E-state index contributed by atoms with van der Waals surface area (Å²) >= 11 is 0. The molecule has 25 heavy (non-hydrogen) atoms. The van der Waals surface area contributed by atoms with E-state index in [0.717, 1.165) is 17.2 Å². The summed E-state index contributed by atoms with van der Waals surface area (Å²) in [5.41, 5.74) is 0.716. The molecule has 0 atom stereocenters. The molecule has 0 saturated heterocycles. The molecule has 1 aliphatic rings. The minimum Gasteiger partial charge on any atom is -0.356 e. The number of nitrogens with one attached hydrogen (secondary N) is 1. The van der Waals surface area contributed by atoms with Gasteiger partial charge in [-0.15, -0.1) is 0 Å². The normalized spacial score (nSPS) is 15.1. The molecule has 0 aromatic heterocycles. The van der Waals surface area contributed by atoms with Crippen molar-refractivity contribution in [3.63, 3.8) is 0 Å². The minimum absolute atomic E-state index is 0.0204. The number of carbonyl (C=O) groups excluding carboxylic acids is 1. The van der Waals surface area contributed by atoms with Gasteiger partial charge in [-0.05, 0) is 36.3 Å². The summed E-state index contributed by atoms with van der Waals surface area (Å²) in [4.78, 5) is 12.3. The minimum atomic E-state index is -3.52. The molecular formula is C19H24N2O3S. The van der Waals surface area contributed by atoms with Crippen molar-refractivity contribution in [3.05, 3.63) is 36.4 Å². The number of nitrogens with zero attached hydrogens (tertiary/aromatic N) is 1. The summed E-state index contributed by atoms with van der Waals surface area (Å²) in [6.45, 7) is 5.21. The van der Waals surface area contributed by atoms with Gasteiger partial charge in [-0.2, -0.15) is 0 Å². The van der Waals surface area contributed by atoms with Gasteiger partial charge >= 0.3 is 0 Å². The third kappa shape index (κ3) is 3.49. The lowest BCUT2D eigenvalue weighted by atomic mass is 10.1. The van der Waals surface area contributed by atoms with E-state index in [1.165, 1.54) is 4.31 Å². The molecule has 5 nitrogen and oxygen atoms in total. The largest absolute Gasteiger partial charge is 0.356 e. The Hall–Kier alpha value is -2.08. The van der Waals surface area contributed by atoms with Crippen LogP contribution in [0.15, 0.2) is 41.3 Å². The van der Waals surface area contributed by atoms with E-state index in [4.69, 9.17) is 0 Å². The monoisotopic (exact) mass is 360 g/mol. The molecule has 2 aromatic rings. The predicted molar refractivity (Wildman–Crippen MR) is 100 cm³/mol. The molecule has 2 aromatic carbocycles. The van der Waals surface area contributed by atoms with Crippen LogP contribution in [0.25, 0.3) is 10.8 Å². The average molecular weight is 360 g/mol. The summed E-state index contributed by atoms with van der Waals surface area (Å²) in [6.07, 6.45) is 1.77. The topological polar surface area (TPSA) is 66.5 Å². The van der Waals surface area contributed by atoms with Crippen LogP contribution in [0.1, 0.15) is 33.1 Å². The van der Waals surface area contributed by atoms with Crippen LogP contribution < -0.4 is 9.62 Å². The lowest BCUT2D eigenvalue weighted by Crippen LogP contribution is -2.30. The van der Waals surface area contributed by atoms with E-state index in [1.807, 2.05) is 24.3 Å². The summed E-state index contributed by atoms with van der Waals surface area (Å²) in [6, 6.07) is 11.0. The Morgan fingerprint density at radius 1 is 1.16 bits per heavy atom. The van der Waals surface area contributed by atoms with E-state index in [-0.39, 0.29) is 5.91 Å². The second kappa shape index (κ2) is 7.04. The standard InChI is InChI=1S/C19H24N2O3S/c1-14(2)11-12-20-18(22)10-5-13-21-16-8-3-6-15-7-4-9-17(19(15)16)25(21,23)24/h3-4,6-9,14H,5,10-13H2,1-2H3,(H,20,22). The highest BCUT2D eigenvalue weighted by molar-refractivity contribution is 7.93. The molecule has 134 valence electrons. The first-order chi connectivity index (χ1) is 11.9. The molecule has 1 amide bonds. The zero-order valence-electron chi connectivity index (χ0n) is 14.7. The number of sulfonamides is 1. The van der Waals surface area contributed by atoms with Crippen molar-refractivity contribution in [1.29, 1.82) is 0 Å². The number of rotatable bonds is 7. The van der Waals surface area contributed by atoms with Crippen LogP contribution in [0.4, 0.5) is 5.69 Å². The summed E-state index contributed by atoms with van der Waals surface area (Å²) in [5, 5.41) is 4.60. The number of anilines is 1. The van der Waals surface area contributed by atoms with Gasteiger partial charge in [0.05, 0.1) is 10.6 Å². The highest BCUT2D eigenvalue weighted by Gasteiger charge is 2.34. The molecule has 1 N–H and O–H groups in total. The first-order valence-corrected chi connectivity index (χ1v) is 10.2. The van der Waals surface area contributed by atoms with E-state index in [1.54, 1.807) is 12.1 Å². The average Bonchev–Trinajstić information content (AvgIpc) is 2.78. The van der Waals surface area contributed by atoms with Gasteiger partial charge in [-0.1, -0.05) is 38.1 Å². The van der Waals surface area contributed by atoms with Crippen molar-refractivity contribution in [1.82, 2.24) is 5.32 Å². The van der Waals surface area contributed by atoms with Crippen molar-refractivity contribution in [2.45, 2.75) is 38.0 Å². The summed E-state index contributed by atoms with van der Waals surface area (Å²) in [5.74, 6) is 0.530. The third-order valence-corrected chi connectivity index (χ3v) is 6.35. The molecule has 1 heterocycles. The maximum atomic E-state index is 12.8. The highest BCUT2D eigenvalue weighted by Crippen LogP contribution is 2.41. The Morgan fingerprint density at radius 3 is 2.60 bits per heavy atom. The number of hydrogen-bond donors (Lipinski definition) is 1. The van der Waals surface area contributed by atoms with Gasteiger partial charge in [-0.3, -0.25) is 9.10 Å². The van der Waals surface area contributed by atoms with E-state index in [0.29, 0.717) is 42.4 Å². The highest BCUT2D eigenvalue weighted by atomic mass is 32.2. The van der Waals surface area contributed by atoms with Crippen molar-refractivity contribution in [2.24, 2.45) is 5.92 Å². The van der Waals surface area contributed by atoms with Gasteiger partial charge < -0.3 is 5.32 Å². The van der Waals surface area contributed by atoms with Gasteiger partial charge in [0.2, 0.25) is 5.91 Å². The second-order valence-electron chi connectivity index (χ2n) is 6.84. The lowest BCUT2D eigenvalue weighted by Gasteiger charge is -2.18. The van der Waals surface area contributed by atoms with Gasteiger partial charge in [0.1, 0.15) is 0 Å². The number of hydrogen-bond acceptors (Lipinski definition) is 3. The first kappa shape index (κ1) is 17.7. The van der Waals surface area contributed by atoms with Gasteiger partial charge in [0.25, 0.3) is 10.0 Å². The van der Waals surface area contributed by atoms with Crippen LogP contribution in [0, 0.1) is 5.92 Å². The Balaban J connectivity index is 1.66. The third-order valence-electron chi connectivity index (χ3n) is 4.49. The van der Waals surface area contributed by atoms with Crippen LogP contribution in [0.3, 0.4) is 0 Å². The van der Waals surface area contributed by atoms with Gasteiger partial charge in [0, 0.05) is 24.9 Å². The number of benzene rings is 2. The quantitative estimate of drug-likeness (QED) is 0.824. The Kier molecular flexibility index (Phi) is 4.99. The van der Waals surface area contributed by atoms with Gasteiger partial charge in [0.15, 0.2) is 0 Å². The summed E-state index contributed by atoms with van der Waals surface area (Å²) < 4.78 is 27.1. The Morgan fingerprint density at radius 2 is 1.88 bits per heavy atom. The van der Waals surface area contributed by atoms with E-state index in [2.05, 4.69) is 19.2 Å². The maximum absolute atomic E-state index is 12.8. The van der Waals surface area contributed by atoms with Crippen molar-refractivity contribution in [2.75, 3.05) is 17.4 Å². The molecule has 0 fully saturated rings. The molecule has 0 radical (unpaired) electrons. The fraction of sp³-hybridized carbons (Fsp3) is 0.421. The molecule has 0 aliphatic carbocycles. The first-order valence-electron chi connectivity index (χ1n) is 8.72. The number of carbonyl (C=O) groups is 1. The zero-order chi connectivity index (χ0) is 18.0. The molecule has 0 unspecified atom stereocenters. The Bertz CT molecular complexity index is 885. The van der Waals surface area contributed by atoms with Crippen LogP contribution in [-0.2, 0) is 14.8 Å². The smallest absolute Gasteiger partial charge is 0.265 e. The molecule has 0 bridgehead atoms. The van der Waals surface area contributed by atoms with Crippen LogP contribution in [-0.4, -0.2) is 27.4 Å². The maximum Gasteiger partial charge on any atom is 0.265 e. The molecular weight excluding hydrogens is 336 g/mol. The Labute approximate surface area is 149 Å². The lowest BCUT2D eigenvalue weighted by molar-refractivity contribution is -0.121. The zero-order valence-corrected chi connectivity index (χ0v) is 15.5.